The number of halogens is 2. The molecule has 1 aromatic carbocycles. The predicted octanol–water partition coefficient (Wildman–Crippen LogP) is 4.28. The minimum absolute atomic E-state index is 0.127. The third-order valence-electron chi connectivity index (χ3n) is 5.33. The molecule has 4 aromatic rings. The SMILES string of the molecule is Cc1cnc2[nH]cc(C(=O)N[C@@H]3CCc4cc(-c5noc(C(F)F)n5)ccc43)c2c1. The van der Waals surface area contributed by atoms with E-state index in [0.717, 1.165) is 34.9 Å². The van der Waals surface area contributed by atoms with Gasteiger partial charge in [0.1, 0.15) is 5.65 Å². The van der Waals surface area contributed by atoms with E-state index in [1.165, 1.54) is 0 Å². The van der Waals surface area contributed by atoms with Crippen LogP contribution in [0.25, 0.3) is 22.4 Å². The molecule has 3 aromatic heterocycles. The maximum Gasteiger partial charge on any atom is 0.315 e. The van der Waals surface area contributed by atoms with Crippen LogP contribution in [-0.4, -0.2) is 26.0 Å². The number of nitrogens with zero attached hydrogens (tertiary/aromatic N) is 3. The summed E-state index contributed by atoms with van der Waals surface area (Å²) < 4.78 is 29.9. The highest BCUT2D eigenvalue weighted by molar-refractivity contribution is 6.06. The number of hydrogen-bond donors (Lipinski definition) is 2. The van der Waals surface area contributed by atoms with Gasteiger partial charge in [-0.2, -0.15) is 13.8 Å². The molecule has 0 spiro atoms. The maximum absolute atomic E-state index is 12.9. The first-order valence-electron chi connectivity index (χ1n) is 9.49. The summed E-state index contributed by atoms with van der Waals surface area (Å²) in [6.45, 7) is 1.93. The van der Waals surface area contributed by atoms with Gasteiger partial charge in [0.2, 0.25) is 5.82 Å². The quantitative estimate of drug-likeness (QED) is 0.525. The minimum Gasteiger partial charge on any atom is -0.345 e. The Hall–Kier alpha value is -3.62. The van der Waals surface area contributed by atoms with Crippen molar-refractivity contribution >= 4 is 16.9 Å². The number of benzene rings is 1. The highest BCUT2D eigenvalue weighted by atomic mass is 19.3. The normalized spacial score (nSPS) is 15.7. The Morgan fingerprint density at radius 1 is 1.33 bits per heavy atom. The summed E-state index contributed by atoms with van der Waals surface area (Å²) in [4.78, 5) is 24.0. The van der Waals surface area contributed by atoms with Crippen LogP contribution in [0.5, 0.6) is 0 Å². The number of rotatable bonds is 4. The van der Waals surface area contributed by atoms with Gasteiger partial charge in [0.15, 0.2) is 0 Å². The summed E-state index contributed by atoms with van der Waals surface area (Å²) in [5, 5.41) is 7.50. The van der Waals surface area contributed by atoms with Crippen molar-refractivity contribution in [1.82, 2.24) is 25.4 Å². The molecule has 1 aliphatic rings. The number of nitrogens with one attached hydrogen (secondary N) is 2. The van der Waals surface area contributed by atoms with Crippen LogP contribution in [-0.2, 0) is 6.42 Å². The van der Waals surface area contributed by atoms with Crippen LogP contribution in [0.3, 0.4) is 0 Å². The summed E-state index contributed by atoms with van der Waals surface area (Å²) in [5.74, 6) is -0.739. The number of H-pyrrole nitrogens is 1. The van der Waals surface area contributed by atoms with E-state index in [-0.39, 0.29) is 17.8 Å². The van der Waals surface area contributed by atoms with E-state index < -0.39 is 12.3 Å². The predicted molar refractivity (Wildman–Crippen MR) is 104 cm³/mol. The summed E-state index contributed by atoms with van der Waals surface area (Å²) in [6, 6.07) is 7.29. The molecule has 30 heavy (non-hydrogen) atoms. The third-order valence-corrected chi connectivity index (χ3v) is 5.33. The second-order valence-corrected chi connectivity index (χ2v) is 7.35. The second kappa shape index (κ2) is 7.01. The molecule has 0 aliphatic heterocycles. The van der Waals surface area contributed by atoms with Gasteiger partial charge in [-0.1, -0.05) is 17.3 Å². The topological polar surface area (TPSA) is 96.7 Å². The second-order valence-electron chi connectivity index (χ2n) is 7.35. The molecule has 9 heteroatoms. The van der Waals surface area contributed by atoms with Gasteiger partial charge in [-0.15, -0.1) is 0 Å². The maximum atomic E-state index is 12.9. The summed E-state index contributed by atoms with van der Waals surface area (Å²) >= 11 is 0. The number of fused-ring (bicyclic) bond motifs is 2. The molecule has 0 saturated heterocycles. The van der Waals surface area contributed by atoms with E-state index in [4.69, 9.17) is 0 Å². The highest BCUT2D eigenvalue weighted by Gasteiger charge is 2.26. The Labute approximate surface area is 169 Å². The van der Waals surface area contributed by atoms with Crippen LogP contribution in [0.4, 0.5) is 8.78 Å². The molecule has 0 fully saturated rings. The zero-order valence-electron chi connectivity index (χ0n) is 15.9. The van der Waals surface area contributed by atoms with Gasteiger partial charge in [0.05, 0.1) is 11.6 Å². The molecule has 5 rings (SSSR count). The van der Waals surface area contributed by atoms with E-state index >= 15 is 0 Å². The van der Waals surface area contributed by atoms with Crippen molar-refractivity contribution in [1.29, 1.82) is 0 Å². The van der Waals surface area contributed by atoms with Crippen LogP contribution in [0, 0.1) is 6.92 Å². The Morgan fingerprint density at radius 2 is 2.20 bits per heavy atom. The fraction of sp³-hybridized carbons (Fsp3) is 0.238. The lowest BCUT2D eigenvalue weighted by Gasteiger charge is -2.14. The molecular formula is C21H17F2N5O2. The van der Waals surface area contributed by atoms with Gasteiger partial charge in [-0.25, -0.2) is 4.98 Å². The number of aromatic amines is 1. The zero-order chi connectivity index (χ0) is 20.8. The third kappa shape index (κ3) is 3.12. The molecule has 1 atom stereocenters. The number of aryl methyl sites for hydroxylation is 2. The molecule has 0 unspecified atom stereocenters. The van der Waals surface area contributed by atoms with Gasteiger partial charge in [0, 0.05) is 23.3 Å². The lowest BCUT2D eigenvalue weighted by molar-refractivity contribution is 0.0938. The molecule has 2 N–H and O–H groups in total. The first-order valence-corrected chi connectivity index (χ1v) is 9.49. The van der Waals surface area contributed by atoms with Crippen LogP contribution in [0.2, 0.25) is 0 Å². The Kier molecular flexibility index (Phi) is 4.30. The molecule has 7 nitrogen and oxygen atoms in total. The number of carbonyl (C=O) groups is 1. The standard InChI is InChI=1S/C21H17F2N5O2/c1-10-6-14-15(9-25-19(14)24-8-10)20(29)26-16-5-3-11-7-12(2-4-13(11)16)18-27-21(17(22)23)30-28-18/h2,4,6-9,16-17H,3,5H2,1H3,(H,24,25)(H,26,29)/t16-/m1/s1. The number of aromatic nitrogens is 4. The van der Waals surface area contributed by atoms with Crippen molar-refractivity contribution in [2.75, 3.05) is 0 Å². The summed E-state index contributed by atoms with van der Waals surface area (Å²) in [6.07, 6.45) is 2.12. The fourth-order valence-corrected chi connectivity index (χ4v) is 3.88. The zero-order valence-corrected chi connectivity index (χ0v) is 15.9. The van der Waals surface area contributed by atoms with Crippen LogP contribution in [0.1, 0.15) is 51.8 Å². The first kappa shape index (κ1) is 18.4. The summed E-state index contributed by atoms with van der Waals surface area (Å²) in [5.41, 5.74) is 4.83. The number of amides is 1. The van der Waals surface area contributed by atoms with Crippen molar-refractivity contribution < 1.29 is 18.1 Å². The van der Waals surface area contributed by atoms with E-state index in [2.05, 4.69) is 29.9 Å². The lowest BCUT2D eigenvalue weighted by Crippen LogP contribution is -2.26. The molecule has 0 saturated carbocycles. The average Bonchev–Trinajstić information content (AvgIpc) is 3.45. The van der Waals surface area contributed by atoms with Crippen molar-refractivity contribution in [3.8, 4) is 11.4 Å². The number of pyridine rings is 1. The molecule has 1 amide bonds. The monoisotopic (exact) mass is 409 g/mol. The fourth-order valence-electron chi connectivity index (χ4n) is 3.88. The molecular weight excluding hydrogens is 392 g/mol. The van der Waals surface area contributed by atoms with Gasteiger partial charge in [-0.05, 0) is 48.6 Å². The molecule has 0 radical (unpaired) electrons. The summed E-state index contributed by atoms with van der Waals surface area (Å²) in [7, 11) is 0. The number of carbonyl (C=O) groups excluding carboxylic acids is 1. The lowest BCUT2D eigenvalue weighted by atomic mass is 10.0. The smallest absolute Gasteiger partial charge is 0.315 e. The molecule has 3 heterocycles. The van der Waals surface area contributed by atoms with Crippen LogP contribution < -0.4 is 5.32 Å². The van der Waals surface area contributed by atoms with E-state index in [0.29, 0.717) is 16.8 Å². The van der Waals surface area contributed by atoms with E-state index in [1.54, 1.807) is 18.5 Å². The first-order chi connectivity index (χ1) is 14.5. The van der Waals surface area contributed by atoms with Gasteiger partial charge in [-0.3, -0.25) is 4.79 Å². The minimum atomic E-state index is -2.80. The molecule has 1 aliphatic carbocycles. The van der Waals surface area contributed by atoms with Crippen LogP contribution in [0.15, 0.2) is 41.2 Å². The number of alkyl halides is 2. The van der Waals surface area contributed by atoms with Crippen molar-refractivity contribution in [2.24, 2.45) is 0 Å². The Bertz CT molecular complexity index is 1260. The van der Waals surface area contributed by atoms with Gasteiger partial charge in [0.25, 0.3) is 11.8 Å². The van der Waals surface area contributed by atoms with Gasteiger partial charge < -0.3 is 14.8 Å². The van der Waals surface area contributed by atoms with E-state index in [9.17, 15) is 13.6 Å². The Balaban J connectivity index is 1.38. The Morgan fingerprint density at radius 3 is 3.00 bits per heavy atom. The largest absolute Gasteiger partial charge is 0.345 e. The number of hydrogen-bond acceptors (Lipinski definition) is 5. The molecule has 0 bridgehead atoms. The van der Waals surface area contributed by atoms with Crippen LogP contribution >= 0.6 is 0 Å². The van der Waals surface area contributed by atoms with Crippen molar-refractivity contribution in [2.45, 2.75) is 32.2 Å². The van der Waals surface area contributed by atoms with Crippen molar-refractivity contribution in [3.63, 3.8) is 0 Å². The van der Waals surface area contributed by atoms with E-state index in [1.807, 2.05) is 25.1 Å². The van der Waals surface area contributed by atoms with Crippen molar-refractivity contribution in [3.05, 3.63) is 64.8 Å². The highest BCUT2D eigenvalue weighted by Crippen LogP contribution is 2.34. The molecule has 152 valence electrons. The average molecular weight is 409 g/mol. The van der Waals surface area contributed by atoms with Gasteiger partial charge >= 0.3 is 6.43 Å².